The summed E-state index contributed by atoms with van der Waals surface area (Å²) in [6, 6.07) is 10.3. The van der Waals surface area contributed by atoms with Crippen LogP contribution in [0.3, 0.4) is 0 Å². The fraction of sp³-hybridized carbons (Fsp3) is 0.500. The molecule has 2 rings (SSSR count). The third-order valence-corrected chi connectivity index (χ3v) is 3.10. The zero-order valence-electron chi connectivity index (χ0n) is 10.3. The Kier molecular flexibility index (Phi) is 3.65. The van der Waals surface area contributed by atoms with Crippen LogP contribution in [0.1, 0.15) is 32.3 Å². The van der Waals surface area contributed by atoms with Crippen molar-refractivity contribution in [3.05, 3.63) is 29.8 Å². The lowest BCUT2D eigenvalue weighted by Gasteiger charge is -2.33. The molecule has 0 spiro atoms. The van der Waals surface area contributed by atoms with Gasteiger partial charge in [-0.1, -0.05) is 12.1 Å². The lowest BCUT2D eigenvalue weighted by Crippen LogP contribution is -2.37. The molecule has 1 fully saturated rings. The summed E-state index contributed by atoms with van der Waals surface area (Å²) in [5, 5.41) is 12.5. The summed E-state index contributed by atoms with van der Waals surface area (Å²) in [5.74, 6) is 0. The number of benzene rings is 1. The molecule has 2 atom stereocenters. The van der Waals surface area contributed by atoms with Crippen molar-refractivity contribution < 1.29 is 4.74 Å². The second kappa shape index (κ2) is 5.20. The second-order valence-corrected chi connectivity index (χ2v) is 4.73. The lowest BCUT2D eigenvalue weighted by molar-refractivity contribution is -0.0337. The summed E-state index contributed by atoms with van der Waals surface area (Å²) >= 11 is 0. The van der Waals surface area contributed by atoms with Gasteiger partial charge in [-0.05, 0) is 38.8 Å². The number of nitriles is 1. The van der Waals surface area contributed by atoms with Gasteiger partial charge < -0.3 is 10.1 Å². The summed E-state index contributed by atoms with van der Waals surface area (Å²) in [7, 11) is 0. The molecule has 1 N–H and O–H groups in total. The van der Waals surface area contributed by atoms with E-state index in [0.29, 0.717) is 11.6 Å². The molecule has 1 aromatic carbocycles. The van der Waals surface area contributed by atoms with Gasteiger partial charge in [-0.2, -0.15) is 5.26 Å². The molecule has 0 aliphatic carbocycles. The van der Waals surface area contributed by atoms with Gasteiger partial charge in [-0.15, -0.1) is 0 Å². The first-order valence-electron chi connectivity index (χ1n) is 6.10. The zero-order chi connectivity index (χ0) is 12.3. The topological polar surface area (TPSA) is 45.0 Å². The van der Waals surface area contributed by atoms with Gasteiger partial charge in [0.1, 0.15) is 6.07 Å². The Morgan fingerprint density at radius 1 is 1.24 bits per heavy atom. The highest BCUT2D eigenvalue weighted by Crippen LogP contribution is 2.24. The van der Waals surface area contributed by atoms with Crippen LogP contribution in [0.5, 0.6) is 0 Å². The normalized spacial score (nSPS) is 28.4. The van der Waals surface area contributed by atoms with Crippen molar-refractivity contribution in [1.82, 2.24) is 0 Å². The van der Waals surface area contributed by atoms with Crippen molar-refractivity contribution in [2.24, 2.45) is 0 Å². The van der Waals surface area contributed by atoms with Crippen molar-refractivity contribution in [2.75, 3.05) is 5.32 Å². The van der Waals surface area contributed by atoms with E-state index in [9.17, 15) is 0 Å². The number of anilines is 1. The quantitative estimate of drug-likeness (QED) is 0.849. The summed E-state index contributed by atoms with van der Waals surface area (Å²) in [5.41, 5.74) is 1.64. The van der Waals surface area contributed by atoms with E-state index in [1.54, 1.807) is 0 Å². The van der Waals surface area contributed by atoms with Crippen molar-refractivity contribution in [3.63, 3.8) is 0 Å². The number of hydrogen-bond donors (Lipinski definition) is 1. The van der Waals surface area contributed by atoms with E-state index in [1.165, 1.54) is 0 Å². The maximum Gasteiger partial charge on any atom is 0.101 e. The molecule has 3 heteroatoms. The van der Waals surface area contributed by atoms with E-state index in [-0.39, 0.29) is 12.2 Å². The Morgan fingerprint density at radius 3 is 2.53 bits per heavy atom. The summed E-state index contributed by atoms with van der Waals surface area (Å²) in [6.45, 7) is 4.20. The van der Waals surface area contributed by atoms with Crippen LogP contribution >= 0.6 is 0 Å². The highest BCUT2D eigenvalue weighted by atomic mass is 16.5. The minimum atomic E-state index is 0.283. The van der Waals surface area contributed by atoms with Gasteiger partial charge in [0.25, 0.3) is 0 Å². The number of rotatable bonds is 2. The van der Waals surface area contributed by atoms with Crippen molar-refractivity contribution in [3.8, 4) is 6.07 Å². The molecular formula is C14H18N2O. The van der Waals surface area contributed by atoms with Gasteiger partial charge in [0.05, 0.1) is 23.5 Å². The predicted molar refractivity (Wildman–Crippen MR) is 67.8 cm³/mol. The Balaban J connectivity index is 2.08. The molecular weight excluding hydrogens is 212 g/mol. The monoisotopic (exact) mass is 230 g/mol. The molecule has 1 aliphatic heterocycles. The van der Waals surface area contributed by atoms with Gasteiger partial charge in [0.15, 0.2) is 0 Å². The Labute approximate surface area is 102 Å². The molecule has 0 amide bonds. The molecule has 1 saturated heterocycles. The summed E-state index contributed by atoms with van der Waals surface area (Å²) in [4.78, 5) is 0. The van der Waals surface area contributed by atoms with E-state index in [2.05, 4.69) is 25.2 Å². The Morgan fingerprint density at radius 2 is 1.88 bits per heavy atom. The predicted octanol–water partition coefficient (Wildman–Crippen LogP) is 2.93. The first-order chi connectivity index (χ1) is 8.19. The van der Waals surface area contributed by atoms with E-state index in [1.807, 2.05) is 24.3 Å². The number of para-hydroxylation sites is 1. The molecule has 90 valence electrons. The molecule has 0 saturated carbocycles. The summed E-state index contributed by atoms with van der Waals surface area (Å²) < 4.78 is 5.71. The van der Waals surface area contributed by atoms with Crippen LogP contribution in [0, 0.1) is 11.3 Å². The number of ether oxygens (including phenoxy) is 1. The standard InChI is InChI=1S/C14H18N2O/c1-10-7-13(8-11(2)17-10)16-14-6-4-3-5-12(14)9-15/h3-6,10-11,13,16H,7-8H2,1-2H3. The molecule has 0 radical (unpaired) electrons. The highest BCUT2D eigenvalue weighted by molar-refractivity contribution is 5.57. The molecule has 0 bridgehead atoms. The Hall–Kier alpha value is -1.53. The minimum Gasteiger partial charge on any atom is -0.381 e. The fourth-order valence-corrected chi connectivity index (χ4v) is 2.45. The van der Waals surface area contributed by atoms with E-state index >= 15 is 0 Å². The van der Waals surface area contributed by atoms with Gasteiger partial charge in [-0.25, -0.2) is 0 Å². The van der Waals surface area contributed by atoms with Crippen LogP contribution in [-0.2, 0) is 4.74 Å². The SMILES string of the molecule is CC1CC(Nc2ccccc2C#N)CC(C)O1. The number of hydrogen-bond acceptors (Lipinski definition) is 3. The lowest BCUT2D eigenvalue weighted by atomic mass is 9.99. The number of nitrogens with one attached hydrogen (secondary N) is 1. The molecule has 1 heterocycles. The molecule has 2 unspecified atom stereocenters. The van der Waals surface area contributed by atoms with Gasteiger partial charge in [0, 0.05) is 6.04 Å². The van der Waals surface area contributed by atoms with Crippen LogP contribution < -0.4 is 5.32 Å². The molecule has 1 aliphatic rings. The number of nitrogens with zero attached hydrogens (tertiary/aromatic N) is 1. The van der Waals surface area contributed by atoms with E-state index < -0.39 is 0 Å². The molecule has 1 aromatic rings. The van der Waals surface area contributed by atoms with Crippen LogP contribution in [0.2, 0.25) is 0 Å². The van der Waals surface area contributed by atoms with Crippen LogP contribution in [0.25, 0.3) is 0 Å². The van der Waals surface area contributed by atoms with Gasteiger partial charge in [-0.3, -0.25) is 0 Å². The van der Waals surface area contributed by atoms with Crippen LogP contribution in [0.15, 0.2) is 24.3 Å². The van der Waals surface area contributed by atoms with E-state index in [0.717, 1.165) is 18.5 Å². The smallest absolute Gasteiger partial charge is 0.101 e. The highest BCUT2D eigenvalue weighted by Gasteiger charge is 2.24. The first kappa shape index (κ1) is 11.9. The van der Waals surface area contributed by atoms with Crippen LogP contribution in [0.4, 0.5) is 5.69 Å². The maximum atomic E-state index is 9.04. The van der Waals surface area contributed by atoms with Crippen molar-refractivity contribution >= 4 is 5.69 Å². The fourth-order valence-electron chi connectivity index (χ4n) is 2.45. The minimum absolute atomic E-state index is 0.283. The average Bonchev–Trinajstić information content (AvgIpc) is 2.28. The largest absolute Gasteiger partial charge is 0.381 e. The molecule has 17 heavy (non-hydrogen) atoms. The van der Waals surface area contributed by atoms with Gasteiger partial charge >= 0.3 is 0 Å². The maximum absolute atomic E-state index is 9.04. The zero-order valence-corrected chi connectivity index (χ0v) is 10.3. The first-order valence-corrected chi connectivity index (χ1v) is 6.10. The Bertz CT molecular complexity index is 414. The van der Waals surface area contributed by atoms with Gasteiger partial charge in [0.2, 0.25) is 0 Å². The molecule has 0 aromatic heterocycles. The third kappa shape index (κ3) is 2.98. The molecule has 3 nitrogen and oxygen atoms in total. The van der Waals surface area contributed by atoms with Crippen molar-refractivity contribution in [2.45, 2.75) is 44.9 Å². The summed E-state index contributed by atoms with van der Waals surface area (Å²) in [6.07, 6.45) is 2.55. The second-order valence-electron chi connectivity index (χ2n) is 4.73. The van der Waals surface area contributed by atoms with E-state index in [4.69, 9.17) is 10.00 Å². The average molecular weight is 230 g/mol. The third-order valence-electron chi connectivity index (χ3n) is 3.10. The van der Waals surface area contributed by atoms with Crippen LogP contribution in [-0.4, -0.2) is 18.2 Å². The van der Waals surface area contributed by atoms with Crippen molar-refractivity contribution in [1.29, 1.82) is 5.26 Å².